The third-order valence-corrected chi connectivity index (χ3v) is 1.16. The predicted molar refractivity (Wildman–Crippen MR) is 39.4 cm³/mol. The van der Waals surface area contributed by atoms with Crippen LogP contribution < -0.4 is 0 Å². The lowest BCUT2D eigenvalue weighted by Gasteiger charge is -2.09. The zero-order valence-corrected chi connectivity index (χ0v) is 7.61. The molecule has 0 saturated heterocycles. The lowest BCUT2D eigenvalue weighted by molar-refractivity contribution is -0.172. The summed E-state index contributed by atoms with van der Waals surface area (Å²) >= 11 is 4.55. The van der Waals surface area contributed by atoms with Crippen LogP contribution in [0.5, 0.6) is 0 Å². The van der Waals surface area contributed by atoms with Crippen molar-refractivity contribution in [2.24, 2.45) is 5.92 Å². The van der Waals surface area contributed by atoms with Crippen LogP contribution in [0.2, 0.25) is 0 Å². The maximum atomic E-state index is 11.4. The van der Waals surface area contributed by atoms with Crippen LogP contribution in [0.1, 0.15) is 13.8 Å². The summed E-state index contributed by atoms with van der Waals surface area (Å²) in [6.45, 7) is 1.80. The summed E-state index contributed by atoms with van der Waals surface area (Å²) in [5.74, 6) is -2.89. The average Bonchev–Trinajstić information content (AvgIpc) is 1.82. The van der Waals surface area contributed by atoms with Gasteiger partial charge in [0.1, 0.15) is 5.92 Å². The number of carboxylic acids is 1. The number of hydrogen-bond donors (Lipinski definition) is 1. The fourth-order valence-corrected chi connectivity index (χ4v) is 0.252. The molecular formula is C6H8ClF3O3. The molecule has 78 valence electrons. The minimum absolute atomic E-state index is 0.718. The number of hydrogen-bond acceptors (Lipinski definition) is 2. The Balaban J connectivity index is 0. The number of carbonyl (C=O) groups is 2. The smallest absolute Gasteiger partial charge is 0.399 e. The third kappa shape index (κ3) is 11.2. The molecule has 0 heterocycles. The van der Waals surface area contributed by atoms with Gasteiger partial charge in [0.25, 0.3) is 5.97 Å². The molecule has 0 aliphatic heterocycles. The van der Waals surface area contributed by atoms with E-state index >= 15 is 0 Å². The fourth-order valence-electron chi connectivity index (χ4n) is 0.129. The van der Waals surface area contributed by atoms with Crippen molar-refractivity contribution in [1.82, 2.24) is 0 Å². The van der Waals surface area contributed by atoms with Gasteiger partial charge < -0.3 is 5.11 Å². The van der Waals surface area contributed by atoms with Gasteiger partial charge in [0, 0.05) is 6.92 Å². The Bertz CT molecular complexity index is 186. The Morgan fingerprint density at radius 2 is 1.62 bits per heavy atom. The maximum absolute atomic E-state index is 11.4. The minimum Gasteiger partial charge on any atom is -0.481 e. The highest BCUT2D eigenvalue weighted by Crippen LogP contribution is 2.26. The van der Waals surface area contributed by atoms with Gasteiger partial charge >= 0.3 is 6.18 Å². The molecule has 0 fully saturated rings. The highest BCUT2D eigenvalue weighted by molar-refractivity contribution is 6.64. The largest absolute Gasteiger partial charge is 0.481 e. The average molecular weight is 221 g/mol. The summed E-state index contributed by atoms with van der Waals surface area (Å²) in [4.78, 5) is 18.8. The Morgan fingerprint density at radius 3 is 1.62 bits per heavy atom. The zero-order chi connectivity index (χ0) is 11.2. The lowest BCUT2D eigenvalue weighted by atomic mass is 10.2. The lowest BCUT2D eigenvalue weighted by Crippen LogP contribution is -2.24. The van der Waals surface area contributed by atoms with Gasteiger partial charge in [0.15, 0.2) is 0 Å². The van der Waals surface area contributed by atoms with E-state index in [1.807, 2.05) is 0 Å². The fraction of sp³-hybridized carbons (Fsp3) is 0.667. The van der Waals surface area contributed by atoms with Crippen molar-refractivity contribution in [3.8, 4) is 0 Å². The number of alkyl halides is 3. The van der Waals surface area contributed by atoms with Gasteiger partial charge in [-0.25, -0.2) is 0 Å². The first-order valence-corrected chi connectivity index (χ1v) is 3.42. The molecule has 0 bridgehead atoms. The first-order valence-electron chi connectivity index (χ1n) is 3.04. The molecule has 3 nitrogen and oxygen atoms in total. The van der Waals surface area contributed by atoms with E-state index in [-0.39, 0.29) is 0 Å². The van der Waals surface area contributed by atoms with Gasteiger partial charge in [0.05, 0.1) is 0 Å². The molecule has 1 N–H and O–H groups in total. The monoisotopic (exact) mass is 220 g/mol. The minimum atomic E-state index is -4.50. The molecule has 0 unspecified atom stereocenters. The van der Waals surface area contributed by atoms with E-state index in [4.69, 9.17) is 9.90 Å². The second kappa shape index (κ2) is 5.80. The van der Waals surface area contributed by atoms with Crippen molar-refractivity contribution in [2.45, 2.75) is 20.0 Å². The topological polar surface area (TPSA) is 54.4 Å². The van der Waals surface area contributed by atoms with E-state index < -0.39 is 23.3 Å². The molecule has 0 aliphatic rings. The van der Waals surface area contributed by atoms with Gasteiger partial charge in [-0.05, 0) is 18.5 Å². The van der Waals surface area contributed by atoms with E-state index in [0.29, 0.717) is 0 Å². The molecule has 0 rings (SSSR count). The van der Waals surface area contributed by atoms with Crippen LogP contribution in [0.15, 0.2) is 0 Å². The summed E-state index contributed by atoms with van der Waals surface area (Å²) < 4.78 is 34.2. The first kappa shape index (κ1) is 14.7. The van der Waals surface area contributed by atoms with Gasteiger partial charge in [-0.15, -0.1) is 0 Å². The van der Waals surface area contributed by atoms with Crippen LogP contribution in [-0.2, 0) is 9.59 Å². The van der Waals surface area contributed by atoms with Crippen LogP contribution in [0.25, 0.3) is 0 Å². The normalized spacial score (nSPS) is 12.5. The molecule has 0 aromatic rings. The molecule has 0 spiro atoms. The molecule has 0 amide bonds. The molecular weight excluding hydrogens is 213 g/mol. The maximum Gasteiger partial charge on any atom is 0.399 e. The predicted octanol–water partition coefficient (Wildman–Crippen LogP) is 2.04. The van der Waals surface area contributed by atoms with Crippen molar-refractivity contribution in [2.75, 3.05) is 0 Å². The Hall–Kier alpha value is -0.780. The van der Waals surface area contributed by atoms with Gasteiger partial charge in [0.2, 0.25) is 5.24 Å². The van der Waals surface area contributed by atoms with E-state index in [2.05, 4.69) is 11.6 Å². The molecule has 0 aliphatic carbocycles. The zero-order valence-electron chi connectivity index (χ0n) is 6.85. The summed E-state index contributed by atoms with van der Waals surface area (Å²) in [6.07, 6.45) is -4.50. The van der Waals surface area contributed by atoms with Crippen molar-refractivity contribution in [1.29, 1.82) is 0 Å². The van der Waals surface area contributed by atoms with E-state index in [1.165, 1.54) is 0 Å². The van der Waals surface area contributed by atoms with Crippen LogP contribution in [0, 0.1) is 5.92 Å². The van der Waals surface area contributed by atoms with E-state index in [1.54, 1.807) is 0 Å². The van der Waals surface area contributed by atoms with E-state index in [0.717, 1.165) is 13.8 Å². The van der Waals surface area contributed by atoms with Gasteiger partial charge in [-0.1, -0.05) is 0 Å². The van der Waals surface area contributed by atoms with Gasteiger partial charge in [-0.2, -0.15) is 13.2 Å². The molecule has 7 heteroatoms. The van der Waals surface area contributed by atoms with Crippen LogP contribution in [0.4, 0.5) is 13.2 Å². The summed E-state index contributed by atoms with van der Waals surface area (Å²) in [7, 11) is 0. The van der Waals surface area contributed by atoms with Crippen LogP contribution in [0.3, 0.4) is 0 Å². The standard InChI is InChI=1S/C4H4ClF3O.C2H4O2/c1-2(3(5)9)4(6,7)8;1-2(3)4/h2H,1H3;1H3,(H,3,4)/t2-;/m1./s1. The first-order chi connectivity index (χ1) is 5.59. The van der Waals surface area contributed by atoms with E-state index in [9.17, 15) is 18.0 Å². The quantitative estimate of drug-likeness (QED) is 0.688. The Labute approximate surface area is 77.5 Å². The number of halogens is 4. The second-order valence-corrected chi connectivity index (χ2v) is 2.46. The van der Waals surface area contributed by atoms with Crippen molar-refractivity contribution in [3.05, 3.63) is 0 Å². The summed E-state index contributed by atoms with van der Waals surface area (Å²) in [5.41, 5.74) is 0. The van der Waals surface area contributed by atoms with Crippen molar-refractivity contribution >= 4 is 22.8 Å². The molecule has 13 heavy (non-hydrogen) atoms. The van der Waals surface area contributed by atoms with Crippen LogP contribution >= 0.6 is 11.6 Å². The van der Waals surface area contributed by atoms with Crippen LogP contribution in [-0.4, -0.2) is 22.5 Å². The SMILES string of the molecule is CC(=O)O.C[C@H](C(=O)Cl)C(F)(F)F. The highest BCUT2D eigenvalue weighted by atomic mass is 35.5. The van der Waals surface area contributed by atoms with Crippen molar-refractivity contribution in [3.63, 3.8) is 0 Å². The van der Waals surface area contributed by atoms with Crippen molar-refractivity contribution < 1.29 is 27.9 Å². The third-order valence-electron chi connectivity index (χ3n) is 0.831. The highest BCUT2D eigenvalue weighted by Gasteiger charge is 2.40. The molecule has 0 saturated carbocycles. The summed E-state index contributed by atoms with van der Waals surface area (Å²) in [6, 6.07) is 0. The second-order valence-electron chi connectivity index (χ2n) is 2.09. The number of rotatable bonds is 1. The molecule has 0 radical (unpaired) electrons. The number of aliphatic carboxylic acids is 1. The number of carbonyl (C=O) groups excluding carboxylic acids is 1. The Morgan fingerprint density at radius 1 is 1.38 bits per heavy atom. The Kier molecular flexibility index (Phi) is 6.57. The molecule has 0 aromatic heterocycles. The van der Waals surface area contributed by atoms with Gasteiger partial charge in [-0.3, -0.25) is 9.59 Å². The molecule has 1 atom stereocenters. The molecule has 0 aromatic carbocycles. The summed E-state index contributed by atoms with van der Waals surface area (Å²) in [5, 5.41) is 6.04. The number of carboxylic acid groups (broad SMARTS) is 1.